The number of alkyl halides is 1. The van der Waals surface area contributed by atoms with Crippen molar-refractivity contribution in [3.8, 4) is 0 Å². The van der Waals surface area contributed by atoms with E-state index in [1.54, 1.807) is 0 Å². The molecule has 0 saturated carbocycles. The van der Waals surface area contributed by atoms with E-state index < -0.39 is 0 Å². The number of nitrogens with zero attached hydrogens (tertiary/aromatic N) is 1. The van der Waals surface area contributed by atoms with Gasteiger partial charge in [-0.1, -0.05) is 6.92 Å². The van der Waals surface area contributed by atoms with Gasteiger partial charge in [0.15, 0.2) is 0 Å². The molecule has 0 aromatic carbocycles. The molecule has 1 unspecified atom stereocenters. The molecule has 0 aromatic heterocycles. The standard InChI is InChI=1S/C11H23ClN2O/c1-4-8-14(3)10(2)9-13-11(15)6-5-7-12/h10H,4-9H2,1-3H3,(H,13,15). The Kier molecular flexibility index (Phi) is 8.82. The number of amides is 1. The maximum absolute atomic E-state index is 11.3. The third-order valence-electron chi connectivity index (χ3n) is 2.46. The second-order valence-electron chi connectivity index (χ2n) is 3.93. The molecule has 0 bridgehead atoms. The summed E-state index contributed by atoms with van der Waals surface area (Å²) in [6.45, 7) is 6.07. The SMILES string of the molecule is CCCN(C)C(C)CNC(=O)CCCCl. The highest BCUT2D eigenvalue weighted by Gasteiger charge is 2.09. The maximum Gasteiger partial charge on any atom is 0.220 e. The Hall–Kier alpha value is -0.280. The minimum absolute atomic E-state index is 0.104. The van der Waals surface area contributed by atoms with Gasteiger partial charge in [-0.25, -0.2) is 0 Å². The third-order valence-corrected chi connectivity index (χ3v) is 2.73. The Balaban J connectivity index is 3.60. The van der Waals surface area contributed by atoms with E-state index in [0.29, 0.717) is 18.3 Å². The summed E-state index contributed by atoms with van der Waals surface area (Å²) in [5.41, 5.74) is 0. The zero-order valence-corrected chi connectivity index (χ0v) is 10.8. The summed E-state index contributed by atoms with van der Waals surface area (Å²) >= 11 is 5.51. The van der Waals surface area contributed by atoms with E-state index in [1.165, 1.54) is 0 Å². The van der Waals surface area contributed by atoms with E-state index in [-0.39, 0.29) is 5.91 Å². The van der Waals surface area contributed by atoms with E-state index in [0.717, 1.165) is 25.9 Å². The number of nitrogens with one attached hydrogen (secondary N) is 1. The number of carbonyl (C=O) groups excluding carboxylic acids is 1. The average molecular weight is 235 g/mol. The van der Waals surface area contributed by atoms with Gasteiger partial charge in [0.1, 0.15) is 0 Å². The predicted octanol–water partition coefficient (Wildman–Crippen LogP) is 1.85. The van der Waals surface area contributed by atoms with Crippen LogP contribution < -0.4 is 5.32 Å². The van der Waals surface area contributed by atoms with Gasteiger partial charge in [-0.3, -0.25) is 4.79 Å². The highest BCUT2D eigenvalue weighted by atomic mass is 35.5. The van der Waals surface area contributed by atoms with Gasteiger partial charge in [-0.05, 0) is 33.4 Å². The Labute approximate surface area is 98.2 Å². The molecule has 1 atom stereocenters. The topological polar surface area (TPSA) is 32.3 Å². The van der Waals surface area contributed by atoms with Gasteiger partial charge < -0.3 is 10.2 Å². The molecule has 1 N–H and O–H groups in total. The monoisotopic (exact) mass is 234 g/mol. The summed E-state index contributed by atoms with van der Waals surface area (Å²) < 4.78 is 0. The lowest BCUT2D eigenvalue weighted by atomic mass is 10.2. The molecule has 4 heteroatoms. The first kappa shape index (κ1) is 14.7. The molecule has 90 valence electrons. The molecule has 0 aromatic rings. The molecule has 0 aliphatic rings. The molecule has 0 fully saturated rings. The molecule has 3 nitrogen and oxygen atoms in total. The minimum Gasteiger partial charge on any atom is -0.355 e. The lowest BCUT2D eigenvalue weighted by molar-refractivity contribution is -0.121. The van der Waals surface area contributed by atoms with Crippen molar-refractivity contribution in [2.24, 2.45) is 0 Å². The number of likely N-dealkylation sites (N-methyl/N-ethyl adjacent to an activating group) is 1. The van der Waals surface area contributed by atoms with Crippen LogP contribution in [0.15, 0.2) is 0 Å². The Morgan fingerprint density at radius 2 is 2.20 bits per heavy atom. The van der Waals surface area contributed by atoms with E-state index in [2.05, 4.69) is 31.1 Å². The maximum atomic E-state index is 11.3. The molecule has 0 saturated heterocycles. The van der Waals surface area contributed by atoms with E-state index in [9.17, 15) is 4.79 Å². The van der Waals surface area contributed by atoms with Crippen LogP contribution in [-0.2, 0) is 4.79 Å². The van der Waals surface area contributed by atoms with Crippen molar-refractivity contribution in [3.05, 3.63) is 0 Å². The molecule has 15 heavy (non-hydrogen) atoms. The van der Waals surface area contributed by atoms with E-state index in [4.69, 9.17) is 11.6 Å². The molecular formula is C11H23ClN2O. The first-order chi connectivity index (χ1) is 7.11. The average Bonchev–Trinajstić information content (AvgIpc) is 2.23. The predicted molar refractivity (Wildman–Crippen MR) is 65.3 cm³/mol. The lowest BCUT2D eigenvalue weighted by Gasteiger charge is -2.24. The van der Waals surface area contributed by atoms with Crippen LogP contribution in [0.1, 0.15) is 33.1 Å². The summed E-state index contributed by atoms with van der Waals surface area (Å²) in [7, 11) is 2.08. The summed E-state index contributed by atoms with van der Waals surface area (Å²) in [5, 5.41) is 2.92. The molecule has 0 rings (SSSR count). The van der Waals surface area contributed by atoms with Crippen LogP contribution in [0.4, 0.5) is 0 Å². The van der Waals surface area contributed by atoms with Crippen LogP contribution >= 0.6 is 11.6 Å². The molecule has 0 radical (unpaired) electrons. The van der Waals surface area contributed by atoms with Gasteiger partial charge in [0.25, 0.3) is 0 Å². The molecular weight excluding hydrogens is 212 g/mol. The second kappa shape index (κ2) is 8.98. The van der Waals surface area contributed by atoms with Crippen LogP contribution in [0.25, 0.3) is 0 Å². The molecule has 0 spiro atoms. The number of rotatable bonds is 8. The van der Waals surface area contributed by atoms with E-state index in [1.807, 2.05) is 0 Å². The van der Waals surface area contributed by atoms with Crippen LogP contribution in [0, 0.1) is 0 Å². The first-order valence-corrected chi connectivity index (χ1v) is 6.18. The first-order valence-electron chi connectivity index (χ1n) is 5.64. The fourth-order valence-electron chi connectivity index (χ4n) is 1.31. The van der Waals surface area contributed by atoms with Crippen LogP contribution in [0.3, 0.4) is 0 Å². The number of halogens is 1. The van der Waals surface area contributed by atoms with Gasteiger partial charge >= 0.3 is 0 Å². The van der Waals surface area contributed by atoms with Crippen molar-refractivity contribution in [2.45, 2.75) is 39.2 Å². The smallest absolute Gasteiger partial charge is 0.220 e. The Bertz CT molecular complexity index is 176. The fraction of sp³-hybridized carbons (Fsp3) is 0.909. The number of carbonyl (C=O) groups is 1. The van der Waals surface area contributed by atoms with Crippen molar-refractivity contribution < 1.29 is 4.79 Å². The van der Waals surface area contributed by atoms with Gasteiger partial charge in [-0.2, -0.15) is 0 Å². The van der Waals surface area contributed by atoms with Crippen molar-refractivity contribution >= 4 is 17.5 Å². The highest BCUT2D eigenvalue weighted by molar-refractivity contribution is 6.17. The van der Waals surface area contributed by atoms with Gasteiger partial charge in [0.2, 0.25) is 5.91 Å². The quantitative estimate of drug-likeness (QED) is 0.651. The molecule has 1 amide bonds. The Morgan fingerprint density at radius 1 is 1.53 bits per heavy atom. The number of hydrogen-bond donors (Lipinski definition) is 1. The zero-order valence-electron chi connectivity index (χ0n) is 10.1. The van der Waals surface area contributed by atoms with Crippen LogP contribution in [-0.4, -0.2) is 42.9 Å². The van der Waals surface area contributed by atoms with E-state index >= 15 is 0 Å². The highest BCUT2D eigenvalue weighted by Crippen LogP contribution is 1.96. The minimum atomic E-state index is 0.104. The summed E-state index contributed by atoms with van der Waals surface area (Å²) in [5.74, 6) is 0.658. The summed E-state index contributed by atoms with van der Waals surface area (Å²) in [4.78, 5) is 13.6. The van der Waals surface area contributed by atoms with Gasteiger partial charge in [0.05, 0.1) is 0 Å². The van der Waals surface area contributed by atoms with Crippen molar-refractivity contribution in [2.75, 3.05) is 26.0 Å². The van der Waals surface area contributed by atoms with Crippen molar-refractivity contribution in [1.82, 2.24) is 10.2 Å². The second-order valence-corrected chi connectivity index (χ2v) is 4.30. The van der Waals surface area contributed by atoms with Crippen LogP contribution in [0.2, 0.25) is 0 Å². The molecule has 0 aliphatic carbocycles. The number of hydrogen-bond acceptors (Lipinski definition) is 2. The van der Waals surface area contributed by atoms with Gasteiger partial charge in [-0.15, -0.1) is 11.6 Å². The normalized spacial score (nSPS) is 12.9. The summed E-state index contributed by atoms with van der Waals surface area (Å²) in [6, 6.07) is 0.393. The molecule has 0 aliphatic heterocycles. The van der Waals surface area contributed by atoms with Crippen molar-refractivity contribution in [1.29, 1.82) is 0 Å². The van der Waals surface area contributed by atoms with Crippen molar-refractivity contribution in [3.63, 3.8) is 0 Å². The molecule has 0 heterocycles. The fourth-order valence-corrected chi connectivity index (χ4v) is 1.44. The lowest BCUT2D eigenvalue weighted by Crippen LogP contribution is -2.40. The largest absolute Gasteiger partial charge is 0.355 e. The Morgan fingerprint density at radius 3 is 2.73 bits per heavy atom. The summed E-state index contributed by atoms with van der Waals surface area (Å²) in [6.07, 6.45) is 2.43. The zero-order chi connectivity index (χ0) is 11.7. The van der Waals surface area contributed by atoms with Gasteiger partial charge in [0, 0.05) is 24.9 Å². The third kappa shape index (κ3) is 7.63. The van der Waals surface area contributed by atoms with Crippen LogP contribution in [0.5, 0.6) is 0 Å².